The Morgan fingerprint density at radius 3 is 0.811 bits per heavy atom. The Hall–Kier alpha value is -14.3. The highest BCUT2D eigenvalue weighted by molar-refractivity contribution is 6.16. The molecule has 0 unspecified atom stereocenters. The molecule has 0 spiro atoms. The van der Waals surface area contributed by atoms with Gasteiger partial charge in [-0.05, 0) is 196 Å². The third-order valence-corrected chi connectivity index (χ3v) is 22.1. The van der Waals surface area contributed by atoms with Crippen molar-refractivity contribution in [3.63, 3.8) is 0 Å². The first-order chi connectivity index (χ1) is 52.5. The van der Waals surface area contributed by atoms with Gasteiger partial charge >= 0.3 is 0 Å². The summed E-state index contributed by atoms with van der Waals surface area (Å²) >= 11 is 0. The van der Waals surface area contributed by atoms with E-state index < -0.39 is 0 Å². The highest BCUT2D eigenvalue weighted by atomic mass is 16.3. The predicted octanol–water partition coefficient (Wildman–Crippen LogP) is 26.6. The lowest BCUT2D eigenvalue weighted by molar-refractivity contribution is 0.668. The quantitative estimate of drug-likeness (QED) is 0.144. The molecule has 0 bridgehead atoms. The zero-order valence-corrected chi connectivity index (χ0v) is 56.9. The topological polar surface area (TPSA) is 80.0 Å². The fraction of sp³-hybridized carbons (Fsp3) is 0. The zero-order valence-electron chi connectivity index (χ0n) is 56.9. The van der Waals surface area contributed by atoms with E-state index in [1.54, 1.807) is 0 Å². The van der Waals surface area contributed by atoms with Gasteiger partial charge in [0, 0.05) is 104 Å². The number of nitrogens with zero attached hydrogens (tertiary/aromatic N) is 5. The summed E-state index contributed by atoms with van der Waals surface area (Å²) in [6.45, 7) is 0. The molecule has 16 aromatic carbocycles. The van der Waals surface area contributed by atoms with Gasteiger partial charge in [0.25, 0.3) is 0 Å². The van der Waals surface area contributed by atoms with Crippen molar-refractivity contribution in [2.45, 2.75) is 0 Å². The van der Waals surface area contributed by atoms with Crippen LogP contribution < -0.4 is 0 Å². The molecule has 8 nitrogen and oxygen atoms in total. The first-order valence-corrected chi connectivity index (χ1v) is 36.0. The van der Waals surface area contributed by atoms with Crippen LogP contribution in [0.3, 0.4) is 0 Å². The maximum atomic E-state index is 6.26. The molecule has 0 saturated carbocycles. The Morgan fingerprint density at radius 1 is 0.160 bits per heavy atom. The molecule has 7 heterocycles. The Kier molecular flexibility index (Phi) is 12.4. The van der Waals surface area contributed by atoms with E-state index in [0.29, 0.717) is 0 Å². The Morgan fingerprint density at radius 2 is 0.425 bits per heavy atom. The van der Waals surface area contributed by atoms with Gasteiger partial charge in [-0.2, -0.15) is 0 Å². The van der Waals surface area contributed by atoms with E-state index in [2.05, 4.69) is 323 Å². The lowest BCUT2D eigenvalue weighted by Crippen LogP contribution is -1.99. The fourth-order valence-electron chi connectivity index (χ4n) is 17.2. The Bertz CT molecular complexity index is 7680. The Balaban J connectivity index is 0.666. The highest BCUT2D eigenvalue weighted by Crippen LogP contribution is 2.45. The molecule has 0 aliphatic heterocycles. The SMILES string of the molecule is c1cc(-c2ccc3c(-c4cccc(-n5c6ccccc6c6cc(-c7ccc8oc9ccccc9c8c7)ccc65)c4)nnc(-c4cccc(-n5c6ccccc6c6cc(-c7ccc8oc9ccccc9c8c7)ccc65)c4)c3c2)cc(-n2c3ccccc3c3cc(-c4ccc5oc6ccccc6c5c4)ccc32)c1. The minimum Gasteiger partial charge on any atom is -0.456 e. The smallest absolute Gasteiger partial charge is 0.135 e. The molecule has 0 fully saturated rings. The maximum Gasteiger partial charge on any atom is 0.135 e. The van der Waals surface area contributed by atoms with Crippen molar-refractivity contribution in [1.82, 2.24) is 23.9 Å². The summed E-state index contributed by atoms with van der Waals surface area (Å²) in [6, 6.07) is 125. The van der Waals surface area contributed by atoms with Crippen LogP contribution in [0.15, 0.2) is 359 Å². The van der Waals surface area contributed by atoms with Crippen LogP contribution in [-0.2, 0) is 0 Å². The normalized spacial score (nSPS) is 12.2. The Labute approximate surface area is 605 Å². The molecule has 106 heavy (non-hydrogen) atoms. The van der Waals surface area contributed by atoms with E-state index >= 15 is 0 Å². The van der Waals surface area contributed by atoms with E-state index in [9.17, 15) is 0 Å². The second-order valence-corrected chi connectivity index (χ2v) is 28.0. The van der Waals surface area contributed by atoms with Crippen LogP contribution in [-0.4, -0.2) is 23.9 Å². The third kappa shape index (κ3) is 8.88. The van der Waals surface area contributed by atoms with Crippen LogP contribution in [0.2, 0.25) is 0 Å². The first-order valence-electron chi connectivity index (χ1n) is 36.0. The van der Waals surface area contributed by atoms with Crippen LogP contribution >= 0.6 is 0 Å². The summed E-state index contributed by atoms with van der Waals surface area (Å²) < 4.78 is 26.0. The van der Waals surface area contributed by atoms with E-state index in [1.807, 2.05) is 36.4 Å². The summed E-state index contributed by atoms with van der Waals surface area (Å²) in [5, 5.41) is 26.4. The average molecular weight is 1350 g/mol. The fourth-order valence-corrected chi connectivity index (χ4v) is 17.2. The molecule has 23 rings (SSSR count). The van der Waals surface area contributed by atoms with E-state index in [4.69, 9.17) is 23.4 Å². The van der Waals surface area contributed by atoms with Crippen molar-refractivity contribution in [2.75, 3.05) is 0 Å². The third-order valence-electron chi connectivity index (χ3n) is 22.1. The van der Waals surface area contributed by atoms with Crippen LogP contribution in [0.5, 0.6) is 0 Å². The molecule has 23 aromatic rings. The number of fused-ring (bicyclic) bond motifs is 19. The van der Waals surface area contributed by atoms with Crippen molar-refractivity contribution in [3.8, 4) is 84.1 Å². The van der Waals surface area contributed by atoms with E-state index in [1.165, 1.54) is 32.3 Å². The second kappa shape index (κ2) is 22.6. The second-order valence-electron chi connectivity index (χ2n) is 28.0. The summed E-state index contributed by atoms with van der Waals surface area (Å²) in [4.78, 5) is 0. The number of hydrogen-bond donors (Lipinski definition) is 0. The van der Waals surface area contributed by atoms with E-state index in [0.717, 1.165) is 194 Å². The average Bonchev–Trinajstić information content (AvgIpc) is 1.53. The monoisotopic (exact) mass is 1350 g/mol. The highest BCUT2D eigenvalue weighted by Gasteiger charge is 2.23. The van der Waals surface area contributed by atoms with Crippen LogP contribution in [0.4, 0.5) is 0 Å². The van der Waals surface area contributed by atoms with Crippen LogP contribution in [0.1, 0.15) is 0 Å². The molecule has 0 amide bonds. The van der Waals surface area contributed by atoms with Crippen molar-refractivity contribution >= 4 is 142 Å². The molecule has 492 valence electrons. The van der Waals surface area contributed by atoms with Gasteiger partial charge in [0.05, 0.1) is 33.1 Å². The van der Waals surface area contributed by atoms with Crippen molar-refractivity contribution in [1.29, 1.82) is 0 Å². The first kappa shape index (κ1) is 58.3. The summed E-state index contributed by atoms with van der Waals surface area (Å²) in [7, 11) is 0. The number of furan rings is 3. The molecule has 0 atom stereocenters. The minimum atomic E-state index is 0.789. The van der Waals surface area contributed by atoms with Gasteiger partial charge in [0.2, 0.25) is 0 Å². The molecule has 8 heteroatoms. The molecule has 0 aliphatic carbocycles. The molecule has 0 radical (unpaired) electrons. The van der Waals surface area contributed by atoms with Gasteiger partial charge in [0.15, 0.2) is 0 Å². The van der Waals surface area contributed by atoms with Gasteiger partial charge < -0.3 is 27.0 Å². The molecule has 0 saturated heterocycles. The van der Waals surface area contributed by atoms with Crippen molar-refractivity contribution in [3.05, 3.63) is 346 Å². The van der Waals surface area contributed by atoms with Crippen molar-refractivity contribution in [2.24, 2.45) is 0 Å². The lowest BCUT2D eigenvalue weighted by Gasteiger charge is -2.15. The standard InChI is InChI=1S/C98H57N5O3/c1-7-28-85-71(22-1)78-51-60(63-38-45-94-81(54-63)74-25-4-10-31-91(74)104-94)35-42-88(78)101(85)68-19-13-16-58(48-68)59-34-41-77-84(57-59)98(67-18-15-21-70(50-67)103-87-30-9-3-24-73(87)80-53-62(37-44-90(80)103)65-40-47-96-83(56-65)76-27-6-12-33-93(76)106-96)100-99-97(77)66-17-14-20-69(49-66)102-86-29-8-2-23-72(86)79-52-61(36-43-89(79)102)64-39-46-95-82(55-64)75-26-5-11-32-92(75)105-95/h1-57H. The molecule has 0 aliphatic rings. The predicted molar refractivity (Wildman–Crippen MR) is 437 cm³/mol. The zero-order chi connectivity index (χ0) is 69.2. The number of benzene rings is 16. The molecular formula is C98H57N5O3. The molecular weight excluding hydrogens is 1300 g/mol. The number of aromatic nitrogens is 5. The summed E-state index contributed by atoms with van der Waals surface area (Å²) in [6.07, 6.45) is 0. The maximum absolute atomic E-state index is 6.26. The largest absolute Gasteiger partial charge is 0.456 e. The van der Waals surface area contributed by atoms with Gasteiger partial charge in [-0.15, -0.1) is 10.2 Å². The molecule has 7 aromatic heterocycles. The van der Waals surface area contributed by atoms with Crippen LogP contribution in [0, 0.1) is 0 Å². The summed E-state index contributed by atoms with van der Waals surface area (Å²) in [5.74, 6) is 0. The molecule has 0 N–H and O–H groups in total. The van der Waals surface area contributed by atoms with E-state index in [-0.39, 0.29) is 0 Å². The van der Waals surface area contributed by atoms with Crippen LogP contribution in [0.25, 0.3) is 226 Å². The van der Waals surface area contributed by atoms with Gasteiger partial charge in [-0.1, -0.05) is 194 Å². The number of hydrogen-bond acceptors (Lipinski definition) is 5. The van der Waals surface area contributed by atoms with Gasteiger partial charge in [-0.25, -0.2) is 0 Å². The lowest BCUT2D eigenvalue weighted by atomic mass is 9.95. The summed E-state index contributed by atoms with van der Waals surface area (Å²) in [5.41, 5.74) is 27.7. The van der Waals surface area contributed by atoms with Gasteiger partial charge in [-0.3, -0.25) is 0 Å². The number of para-hydroxylation sites is 6. The minimum absolute atomic E-state index is 0.789. The van der Waals surface area contributed by atoms with Crippen molar-refractivity contribution < 1.29 is 13.3 Å². The van der Waals surface area contributed by atoms with Gasteiger partial charge in [0.1, 0.15) is 44.9 Å². The number of rotatable bonds is 9.